The molecule has 1 N–H and O–H groups in total. The van der Waals surface area contributed by atoms with Crippen molar-refractivity contribution in [1.82, 2.24) is 5.32 Å². The summed E-state index contributed by atoms with van der Waals surface area (Å²) in [7, 11) is 0. The number of hydrogen-bond donors (Lipinski definition) is 1. The molecule has 1 aliphatic rings. The molecule has 1 aromatic carbocycles. The van der Waals surface area contributed by atoms with Crippen molar-refractivity contribution in [2.75, 3.05) is 6.54 Å². The van der Waals surface area contributed by atoms with E-state index in [0.29, 0.717) is 12.0 Å². The van der Waals surface area contributed by atoms with Crippen LogP contribution in [0.3, 0.4) is 0 Å². The molecule has 0 spiro atoms. The second kappa shape index (κ2) is 8.58. The minimum absolute atomic E-state index is 0.646. The fourth-order valence-corrected chi connectivity index (χ4v) is 3.66. The Morgan fingerprint density at radius 1 is 1.14 bits per heavy atom. The molecule has 118 valence electrons. The van der Waals surface area contributed by atoms with E-state index in [4.69, 9.17) is 0 Å². The van der Waals surface area contributed by atoms with Crippen LogP contribution in [0.4, 0.5) is 0 Å². The maximum absolute atomic E-state index is 3.88. The van der Waals surface area contributed by atoms with Gasteiger partial charge in [-0.2, -0.15) is 0 Å². The van der Waals surface area contributed by atoms with Gasteiger partial charge in [-0.15, -0.1) is 0 Å². The molecule has 1 fully saturated rings. The lowest BCUT2D eigenvalue weighted by Gasteiger charge is -2.37. The van der Waals surface area contributed by atoms with E-state index in [9.17, 15) is 0 Å². The highest BCUT2D eigenvalue weighted by molar-refractivity contribution is 5.22. The van der Waals surface area contributed by atoms with Crippen molar-refractivity contribution in [3.8, 4) is 0 Å². The third kappa shape index (κ3) is 4.57. The van der Waals surface area contributed by atoms with Gasteiger partial charge < -0.3 is 5.32 Å². The Balaban J connectivity index is 2.15. The fourth-order valence-electron chi connectivity index (χ4n) is 3.66. The van der Waals surface area contributed by atoms with Gasteiger partial charge in [-0.1, -0.05) is 76.8 Å². The molecule has 2 rings (SSSR count). The van der Waals surface area contributed by atoms with Crippen LogP contribution in [-0.2, 0) is 0 Å². The second-order valence-corrected chi connectivity index (χ2v) is 6.92. The summed E-state index contributed by atoms with van der Waals surface area (Å²) < 4.78 is 0. The molecule has 1 aromatic rings. The first kappa shape index (κ1) is 16.5. The number of nitrogens with one attached hydrogen (secondary N) is 1. The predicted octanol–water partition coefficient (Wildman–Crippen LogP) is 5.37. The quantitative estimate of drug-likeness (QED) is 0.643. The Morgan fingerprint density at radius 2 is 1.86 bits per heavy atom. The SMILES string of the molecule is CCCNC(CC1CCC1)C(c1ccccc1)C(C)CC. The Morgan fingerprint density at radius 3 is 2.38 bits per heavy atom. The number of rotatable bonds is 9. The minimum atomic E-state index is 0.646. The van der Waals surface area contributed by atoms with E-state index in [0.717, 1.165) is 18.4 Å². The van der Waals surface area contributed by atoms with Gasteiger partial charge in [-0.05, 0) is 36.8 Å². The molecule has 1 nitrogen and oxygen atoms in total. The van der Waals surface area contributed by atoms with E-state index >= 15 is 0 Å². The second-order valence-electron chi connectivity index (χ2n) is 6.92. The molecule has 1 heteroatoms. The van der Waals surface area contributed by atoms with Crippen molar-refractivity contribution in [2.24, 2.45) is 11.8 Å². The van der Waals surface area contributed by atoms with Crippen molar-refractivity contribution in [3.05, 3.63) is 35.9 Å². The summed E-state index contributed by atoms with van der Waals surface area (Å²) >= 11 is 0. The molecule has 0 aliphatic heterocycles. The molecule has 1 saturated carbocycles. The van der Waals surface area contributed by atoms with E-state index < -0.39 is 0 Å². The van der Waals surface area contributed by atoms with E-state index in [1.54, 1.807) is 0 Å². The van der Waals surface area contributed by atoms with Gasteiger partial charge in [0.1, 0.15) is 0 Å². The van der Waals surface area contributed by atoms with Crippen LogP contribution < -0.4 is 5.32 Å². The van der Waals surface area contributed by atoms with Gasteiger partial charge in [0.15, 0.2) is 0 Å². The lowest BCUT2D eigenvalue weighted by molar-refractivity contribution is 0.222. The first-order valence-corrected chi connectivity index (χ1v) is 9.04. The lowest BCUT2D eigenvalue weighted by atomic mass is 9.73. The molecule has 0 radical (unpaired) electrons. The Labute approximate surface area is 131 Å². The molecule has 1 aliphatic carbocycles. The summed E-state index contributed by atoms with van der Waals surface area (Å²) in [4.78, 5) is 0. The Kier molecular flexibility index (Phi) is 6.76. The van der Waals surface area contributed by atoms with Gasteiger partial charge in [0.25, 0.3) is 0 Å². The lowest BCUT2D eigenvalue weighted by Crippen LogP contribution is -2.40. The van der Waals surface area contributed by atoms with Crippen LogP contribution in [0.25, 0.3) is 0 Å². The van der Waals surface area contributed by atoms with Crippen LogP contribution in [0.1, 0.15) is 70.8 Å². The summed E-state index contributed by atoms with van der Waals surface area (Å²) in [5, 5.41) is 3.88. The van der Waals surface area contributed by atoms with Gasteiger partial charge in [0, 0.05) is 12.0 Å². The normalized spacial score (nSPS) is 19.8. The third-order valence-electron chi connectivity index (χ3n) is 5.34. The smallest absolute Gasteiger partial charge is 0.0141 e. The summed E-state index contributed by atoms with van der Waals surface area (Å²) in [5.74, 6) is 2.36. The van der Waals surface area contributed by atoms with Crippen LogP contribution in [0.15, 0.2) is 30.3 Å². The largest absolute Gasteiger partial charge is 0.313 e. The van der Waals surface area contributed by atoms with Crippen LogP contribution in [0.2, 0.25) is 0 Å². The molecule has 3 unspecified atom stereocenters. The minimum Gasteiger partial charge on any atom is -0.313 e. The van der Waals surface area contributed by atoms with Crippen LogP contribution >= 0.6 is 0 Å². The topological polar surface area (TPSA) is 12.0 Å². The molecule has 0 saturated heterocycles. The zero-order valence-electron chi connectivity index (χ0n) is 14.1. The first-order chi connectivity index (χ1) is 10.3. The van der Waals surface area contributed by atoms with Crippen LogP contribution in [-0.4, -0.2) is 12.6 Å². The van der Waals surface area contributed by atoms with E-state index in [1.165, 1.54) is 44.1 Å². The highest BCUT2D eigenvalue weighted by Gasteiger charge is 2.30. The van der Waals surface area contributed by atoms with Gasteiger partial charge >= 0.3 is 0 Å². The third-order valence-corrected chi connectivity index (χ3v) is 5.34. The molecule has 0 aromatic heterocycles. The maximum Gasteiger partial charge on any atom is 0.0141 e. The average molecular weight is 287 g/mol. The molecule has 0 heterocycles. The van der Waals surface area contributed by atoms with Crippen molar-refractivity contribution in [3.63, 3.8) is 0 Å². The van der Waals surface area contributed by atoms with Gasteiger partial charge in [-0.25, -0.2) is 0 Å². The molecule has 0 amide bonds. The van der Waals surface area contributed by atoms with Gasteiger partial charge in [-0.3, -0.25) is 0 Å². The fraction of sp³-hybridized carbons (Fsp3) is 0.700. The molecule has 3 atom stereocenters. The monoisotopic (exact) mass is 287 g/mol. The van der Waals surface area contributed by atoms with Crippen LogP contribution in [0, 0.1) is 11.8 Å². The van der Waals surface area contributed by atoms with Crippen molar-refractivity contribution >= 4 is 0 Å². The zero-order valence-corrected chi connectivity index (χ0v) is 14.1. The summed E-state index contributed by atoms with van der Waals surface area (Å²) in [5.41, 5.74) is 1.53. The zero-order chi connectivity index (χ0) is 15.1. The number of hydrogen-bond acceptors (Lipinski definition) is 1. The maximum atomic E-state index is 3.88. The van der Waals surface area contributed by atoms with Crippen molar-refractivity contribution in [2.45, 2.75) is 71.3 Å². The Bertz CT molecular complexity index is 382. The summed E-state index contributed by atoms with van der Waals surface area (Å²) in [6, 6.07) is 11.8. The van der Waals surface area contributed by atoms with Crippen molar-refractivity contribution in [1.29, 1.82) is 0 Å². The molecule has 0 bridgehead atoms. The highest BCUT2D eigenvalue weighted by Crippen LogP contribution is 2.37. The molecular weight excluding hydrogens is 254 g/mol. The Hall–Kier alpha value is -0.820. The molecular formula is C20H33N. The van der Waals surface area contributed by atoms with E-state index in [-0.39, 0.29) is 0 Å². The van der Waals surface area contributed by atoms with Crippen molar-refractivity contribution < 1.29 is 0 Å². The summed E-state index contributed by atoms with van der Waals surface area (Å²) in [6.45, 7) is 8.19. The first-order valence-electron chi connectivity index (χ1n) is 9.04. The average Bonchev–Trinajstić information content (AvgIpc) is 2.48. The predicted molar refractivity (Wildman–Crippen MR) is 92.7 cm³/mol. The summed E-state index contributed by atoms with van der Waals surface area (Å²) in [6.07, 6.45) is 8.20. The van der Waals surface area contributed by atoms with E-state index in [1.807, 2.05) is 0 Å². The number of benzene rings is 1. The van der Waals surface area contributed by atoms with Gasteiger partial charge in [0.05, 0.1) is 0 Å². The standard InChI is InChI=1S/C20H33N/c1-4-14-21-19(15-17-10-9-11-17)20(16(3)5-2)18-12-7-6-8-13-18/h6-8,12-13,16-17,19-21H,4-5,9-11,14-15H2,1-3H3. The van der Waals surface area contributed by atoms with Crippen LogP contribution in [0.5, 0.6) is 0 Å². The van der Waals surface area contributed by atoms with Gasteiger partial charge in [0.2, 0.25) is 0 Å². The molecule has 21 heavy (non-hydrogen) atoms. The highest BCUT2D eigenvalue weighted by atomic mass is 14.9. The van der Waals surface area contributed by atoms with E-state index in [2.05, 4.69) is 56.4 Å².